The maximum atomic E-state index is 12.4. The number of benzene rings is 1. The molecule has 1 heterocycles. The van der Waals surface area contributed by atoms with Crippen molar-refractivity contribution >= 4 is 23.2 Å². The van der Waals surface area contributed by atoms with Crippen LogP contribution in [0, 0.1) is 5.92 Å². The van der Waals surface area contributed by atoms with E-state index in [4.69, 9.17) is 0 Å². The Kier molecular flexibility index (Phi) is 5.27. The van der Waals surface area contributed by atoms with Crippen LogP contribution in [0.1, 0.15) is 52.4 Å². The van der Waals surface area contributed by atoms with E-state index in [-0.39, 0.29) is 11.7 Å². The summed E-state index contributed by atoms with van der Waals surface area (Å²) < 4.78 is 0. The Morgan fingerprint density at radius 2 is 2.13 bits per heavy atom. The molecule has 0 bridgehead atoms. The van der Waals surface area contributed by atoms with E-state index in [1.807, 2.05) is 13.0 Å². The van der Waals surface area contributed by atoms with E-state index in [2.05, 4.69) is 42.2 Å². The van der Waals surface area contributed by atoms with Gasteiger partial charge in [-0.3, -0.25) is 4.79 Å². The number of ketones is 1. The van der Waals surface area contributed by atoms with Gasteiger partial charge >= 0.3 is 0 Å². The van der Waals surface area contributed by atoms with Crippen molar-refractivity contribution in [1.29, 1.82) is 0 Å². The highest BCUT2D eigenvalue weighted by molar-refractivity contribution is 8.03. The fourth-order valence-electron chi connectivity index (χ4n) is 3.06. The zero-order chi connectivity index (χ0) is 16.2. The van der Waals surface area contributed by atoms with Gasteiger partial charge in [-0.1, -0.05) is 50.2 Å². The third kappa shape index (κ3) is 3.55. The first-order valence-electron chi connectivity index (χ1n) is 8.72. The summed E-state index contributed by atoms with van der Waals surface area (Å²) in [6.07, 6.45) is 11.2. The second kappa shape index (κ2) is 7.39. The number of anilines is 1. The number of fused-ring (bicyclic) bond motifs is 1. The molecular formula is C20H25NOS. The predicted molar refractivity (Wildman–Crippen MR) is 98.5 cm³/mol. The minimum absolute atomic E-state index is 0.0942. The van der Waals surface area contributed by atoms with E-state index in [1.165, 1.54) is 35.5 Å². The highest BCUT2D eigenvalue weighted by atomic mass is 32.2. The molecule has 3 rings (SSSR count). The Labute approximate surface area is 143 Å². The molecule has 3 heteroatoms. The first kappa shape index (κ1) is 16.4. The van der Waals surface area contributed by atoms with Gasteiger partial charge in [0, 0.05) is 22.6 Å². The number of allylic oxidation sites excluding steroid dienone is 3. The highest BCUT2D eigenvalue weighted by Crippen LogP contribution is 2.48. The maximum absolute atomic E-state index is 12.4. The summed E-state index contributed by atoms with van der Waals surface area (Å²) in [6, 6.07) is 8.48. The summed E-state index contributed by atoms with van der Waals surface area (Å²) in [6.45, 7) is 4.09. The molecule has 1 unspecified atom stereocenters. The normalized spacial score (nSPS) is 20.9. The number of hydrogen-bond acceptors (Lipinski definition) is 3. The van der Waals surface area contributed by atoms with Crippen LogP contribution in [0.25, 0.3) is 0 Å². The molecule has 1 aromatic rings. The van der Waals surface area contributed by atoms with Crippen LogP contribution in [0.2, 0.25) is 0 Å². The van der Waals surface area contributed by atoms with E-state index >= 15 is 0 Å². The lowest BCUT2D eigenvalue weighted by Crippen LogP contribution is -2.19. The summed E-state index contributed by atoms with van der Waals surface area (Å²) in [5, 5.41) is 1.07. The quantitative estimate of drug-likeness (QED) is 0.642. The van der Waals surface area contributed by atoms with E-state index in [0.29, 0.717) is 0 Å². The van der Waals surface area contributed by atoms with Crippen LogP contribution in [0.5, 0.6) is 0 Å². The van der Waals surface area contributed by atoms with Crippen molar-refractivity contribution in [1.82, 2.24) is 0 Å². The van der Waals surface area contributed by atoms with Crippen molar-refractivity contribution in [2.75, 3.05) is 4.90 Å². The Bertz CT molecular complexity index is 647. The number of nitrogens with zero attached hydrogens (tertiary/aromatic N) is 1. The summed E-state index contributed by atoms with van der Waals surface area (Å²) in [5.41, 5.74) is 2.59. The van der Waals surface area contributed by atoms with Crippen LogP contribution in [-0.4, -0.2) is 5.78 Å². The molecule has 0 radical (unpaired) electrons. The molecule has 0 N–H and O–H groups in total. The van der Waals surface area contributed by atoms with Gasteiger partial charge in [0.2, 0.25) is 0 Å². The zero-order valence-corrected chi connectivity index (χ0v) is 14.9. The summed E-state index contributed by atoms with van der Waals surface area (Å²) >= 11 is 1.73. The maximum Gasteiger partial charge on any atom is 0.161 e. The molecule has 1 aromatic carbocycles. The number of hydrogen-bond donors (Lipinski definition) is 0. The number of carbonyl (C=O) groups is 1. The first-order valence-corrected chi connectivity index (χ1v) is 9.54. The van der Waals surface area contributed by atoms with Crippen molar-refractivity contribution in [3.63, 3.8) is 0 Å². The number of rotatable bonds is 4. The topological polar surface area (TPSA) is 20.3 Å². The van der Waals surface area contributed by atoms with Gasteiger partial charge in [0.25, 0.3) is 0 Å². The van der Waals surface area contributed by atoms with Gasteiger partial charge in [0.1, 0.15) is 0 Å². The molecular weight excluding hydrogens is 302 g/mol. The van der Waals surface area contributed by atoms with Crippen LogP contribution < -0.4 is 4.90 Å². The van der Waals surface area contributed by atoms with Crippen LogP contribution >= 0.6 is 11.8 Å². The Morgan fingerprint density at radius 1 is 1.30 bits per heavy atom. The molecule has 2 aliphatic rings. The van der Waals surface area contributed by atoms with Crippen LogP contribution in [0.15, 0.2) is 52.0 Å². The molecule has 0 saturated heterocycles. The predicted octanol–water partition coefficient (Wildman–Crippen LogP) is 5.90. The second-order valence-electron chi connectivity index (χ2n) is 6.39. The van der Waals surface area contributed by atoms with Gasteiger partial charge in [0.15, 0.2) is 5.78 Å². The summed E-state index contributed by atoms with van der Waals surface area (Å²) in [5.74, 6) is 0.332. The average molecular weight is 327 g/mol. The van der Waals surface area contributed by atoms with E-state index in [1.54, 1.807) is 11.8 Å². The lowest BCUT2D eigenvalue weighted by Gasteiger charge is -2.23. The van der Waals surface area contributed by atoms with E-state index in [0.717, 1.165) is 24.3 Å². The molecule has 0 saturated carbocycles. The summed E-state index contributed by atoms with van der Waals surface area (Å²) in [7, 11) is 0. The highest BCUT2D eigenvalue weighted by Gasteiger charge is 2.28. The standard InChI is InChI=1S/C20H25NOS/c1-3-15(2)18(22)14-20-21(16-10-6-4-5-7-11-16)17-12-8-9-13-19(17)23-20/h8-10,12-15H,3-7,11H2,1-2H3/b20-14-. The van der Waals surface area contributed by atoms with Crippen molar-refractivity contribution in [3.8, 4) is 0 Å². The third-order valence-corrected chi connectivity index (χ3v) is 5.78. The Hall–Kier alpha value is -1.48. The first-order chi connectivity index (χ1) is 11.2. The Morgan fingerprint density at radius 3 is 2.96 bits per heavy atom. The van der Waals surface area contributed by atoms with Gasteiger partial charge in [-0.2, -0.15) is 0 Å². The smallest absolute Gasteiger partial charge is 0.161 e. The average Bonchev–Trinajstić information content (AvgIpc) is 2.74. The van der Waals surface area contributed by atoms with Crippen LogP contribution in [-0.2, 0) is 4.79 Å². The van der Waals surface area contributed by atoms with Crippen molar-refractivity contribution in [2.24, 2.45) is 5.92 Å². The molecule has 23 heavy (non-hydrogen) atoms. The molecule has 1 aliphatic carbocycles. The van der Waals surface area contributed by atoms with Gasteiger partial charge < -0.3 is 4.90 Å². The molecule has 1 aliphatic heterocycles. The largest absolute Gasteiger partial charge is 0.307 e. The number of para-hydroxylation sites is 1. The fourth-order valence-corrected chi connectivity index (χ4v) is 4.18. The SMILES string of the molecule is CCC(C)C(=O)/C=C1\Sc2ccccc2N1C1=CCCCCC1. The molecule has 2 nitrogen and oxygen atoms in total. The molecule has 0 fully saturated rings. The minimum atomic E-state index is 0.0942. The lowest BCUT2D eigenvalue weighted by molar-refractivity contribution is -0.117. The van der Waals surface area contributed by atoms with Crippen LogP contribution in [0.4, 0.5) is 5.69 Å². The molecule has 1 atom stereocenters. The van der Waals surface area contributed by atoms with Crippen molar-refractivity contribution < 1.29 is 4.79 Å². The number of thioether (sulfide) groups is 1. The van der Waals surface area contributed by atoms with Gasteiger partial charge in [-0.25, -0.2) is 0 Å². The summed E-state index contributed by atoms with van der Waals surface area (Å²) in [4.78, 5) is 16.0. The molecule has 0 amide bonds. The third-order valence-electron chi connectivity index (χ3n) is 4.71. The van der Waals surface area contributed by atoms with Crippen LogP contribution in [0.3, 0.4) is 0 Å². The monoisotopic (exact) mass is 327 g/mol. The van der Waals surface area contributed by atoms with Crippen molar-refractivity contribution in [2.45, 2.75) is 57.3 Å². The van der Waals surface area contributed by atoms with Crippen molar-refractivity contribution in [3.05, 3.63) is 47.1 Å². The van der Waals surface area contributed by atoms with E-state index in [9.17, 15) is 4.79 Å². The molecule has 0 aromatic heterocycles. The van der Waals surface area contributed by atoms with Gasteiger partial charge in [-0.05, 0) is 44.2 Å². The lowest BCUT2D eigenvalue weighted by atomic mass is 10.0. The number of carbonyl (C=O) groups excluding carboxylic acids is 1. The minimum Gasteiger partial charge on any atom is -0.307 e. The molecule has 0 spiro atoms. The Balaban J connectivity index is 1.97. The molecule has 122 valence electrons. The second-order valence-corrected chi connectivity index (χ2v) is 7.46. The van der Waals surface area contributed by atoms with Gasteiger partial charge in [0.05, 0.1) is 10.7 Å². The fraction of sp³-hybridized carbons (Fsp3) is 0.450. The van der Waals surface area contributed by atoms with E-state index < -0.39 is 0 Å². The zero-order valence-electron chi connectivity index (χ0n) is 14.0. The van der Waals surface area contributed by atoms with Gasteiger partial charge in [-0.15, -0.1) is 0 Å².